The van der Waals surface area contributed by atoms with Crippen LogP contribution in [0, 0.1) is 13.8 Å². The van der Waals surface area contributed by atoms with Crippen LogP contribution in [0.2, 0.25) is 0 Å². The third-order valence-electron chi connectivity index (χ3n) is 4.36. The third-order valence-corrected chi connectivity index (χ3v) is 4.36. The number of nitrogens with zero attached hydrogens (tertiary/aromatic N) is 1. The molecule has 1 N–H and O–H groups in total. The average Bonchev–Trinajstić information content (AvgIpc) is 2.60. The van der Waals surface area contributed by atoms with E-state index in [0.29, 0.717) is 23.6 Å². The van der Waals surface area contributed by atoms with Crippen LogP contribution in [0.4, 0.5) is 0 Å². The Morgan fingerprint density at radius 1 is 1.00 bits per heavy atom. The number of carbonyl (C=O) groups is 1. The molecule has 0 aliphatic rings. The number of likely N-dealkylation sites (N-methyl/N-ethyl adjacent to an activating group) is 1. The van der Waals surface area contributed by atoms with Crippen molar-refractivity contribution >= 4 is 5.91 Å². The summed E-state index contributed by atoms with van der Waals surface area (Å²) in [6.45, 7) is 4.49. The second-order valence-electron chi connectivity index (χ2n) is 6.68. The zero-order chi connectivity index (χ0) is 19.3. The van der Waals surface area contributed by atoms with Crippen molar-refractivity contribution in [3.05, 3.63) is 58.7 Å². The van der Waals surface area contributed by atoms with Crippen molar-refractivity contribution in [1.29, 1.82) is 0 Å². The van der Waals surface area contributed by atoms with Gasteiger partial charge in [0, 0.05) is 12.1 Å². The Bertz CT molecular complexity index is 752. The van der Waals surface area contributed by atoms with Crippen molar-refractivity contribution in [2.24, 2.45) is 0 Å². The number of nitrogens with one attached hydrogen (secondary N) is 1. The maximum Gasteiger partial charge on any atom is 0.251 e. The number of ether oxygens (including phenoxy) is 2. The molecule has 1 amide bonds. The molecule has 2 rings (SSSR count). The van der Waals surface area contributed by atoms with E-state index in [1.165, 1.54) is 0 Å². The van der Waals surface area contributed by atoms with Crippen molar-refractivity contribution in [1.82, 2.24) is 10.2 Å². The molecule has 1 atom stereocenters. The summed E-state index contributed by atoms with van der Waals surface area (Å²) in [6.07, 6.45) is 0. The van der Waals surface area contributed by atoms with Crippen LogP contribution in [-0.2, 0) is 0 Å². The van der Waals surface area contributed by atoms with Crippen LogP contribution in [0.25, 0.3) is 0 Å². The van der Waals surface area contributed by atoms with Crippen molar-refractivity contribution < 1.29 is 14.3 Å². The summed E-state index contributed by atoms with van der Waals surface area (Å²) < 4.78 is 10.7. The highest BCUT2D eigenvalue weighted by atomic mass is 16.5. The zero-order valence-corrected chi connectivity index (χ0v) is 16.4. The van der Waals surface area contributed by atoms with Gasteiger partial charge in [0.25, 0.3) is 5.91 Å². The molecule has 0 bridgehead atoms. The number of carbonyl (C=O) groups excluding carboxylic acids is 1. The number of hydrogen-bond acceptors (Lipinski definition) is 4. The van der Waals surface area contributed by atoms with Gasteiger partial charge >= 0.3 is 0 Å². The van der Waals surface area contributed by atoms with Crippen LogP contribution < -0.4 is 14.8 Å². The number of methoxy groups -OCH3 is 2. The Morgan fingerprint density at radius 3 is 2.15 bits per heavy atom. The molecule has 1 unspecified atom stereocenters. The molecule has 0 aromatic heterocycles. The molecule has 5 heteroatoms. The fourth-order valence-corrected chi connectivity index (χ4v) is 3.06. The van der Waals surface area contributed by atoms with Crippen LogP contribution in [0.5, 0.6) is 11.5 Å². The van der Waals surface area contributed by atoms with Gasteiger partial charge in [0.1, 0.15) is 0 Å². The fourth-order valence-electron chi connectivity index (χ4n) is 3.06. The van der Waals surface area contributed by atoms with Crippen LogP contribution in [-0.4, -0.2) is 45.7 Å². The molecule has 0 aliphatic heterocycles. The minimum atomic E-state index is -0.0656. The van der Waals surface area contributed by atoms with Gasteiger partial charge in [0.15, 0.2) is 11.5 Å². The first-order valence-electron chi connectivity index (χ1n) is 8.60. The Labute approximate surface area is 155 Å². The first kappa shape index (κ1) is 19.8. The second kappa shape index (κ2) is 8.72. The lowest BCUT2D eigenvalue weighted by molar-refractivity contribution is 0.0941. The quantitative estimate of drug-likeness (QED) is 0.827. The van der Waals surface area contributed by atoms with E-state index in [1.54, 1.807) is 14.2 Å². The molecule has 0 fully saturated rings. The number of benzene rings is 2. The lowest BCUT2D eigenvalue weighted by atomic mass is 10.0. The van der Waals surface area contributed by atoms with Gasteiger partial charge in [0.2, 0.25) is 0 Å². The first-order chi connectivity index (χ1) is 12.3. The summed E-state index contributed by atoms with van der Waals surface area (Å²) in [5.41, 5.74) is 3.90. The van der Waals surface area contributed by atoms with Gasteiger partial charge in [-0.1, -0.05) is 23.3 Å². The van der Waals surface area contributed by atoms with Gasteiger partial charge in [-0.05, 0) is 57.8 Å². The molecule has 26 heavy (non-hydrogen) atoms. The molecular formula is C21H28N2O3. The lowest BCUT2D eigenvalue weighted by Crippen LogP contribution is -2.34. The molecule has 5 nitrogen and oxygen atoms in total. The minimum Gasteiger partial charge on any atom is -0.493 e. The van der Waals surface area contributed by atoms with Gasteiger partial charge < -0.3 is 19.7 Å². The largest absolute Gasteiger partial charge is 0.493 e. The van der Waals surface area contributed by atoms with E-state index in [2.05, 4.69) is 16.3 Å². The van der Waals surface area contributed by atoms with E-state index in [9.17, 15) is 4.79 Å². The number of amides is 1. The van der Waals surface area contributed by atoms with Crippen LogP contribution >= 0.6 is 0 Å². The minimum absolute atomic E-state index is 0.0182. The van der Waals surface area contributed by atoms with E-state index < -0.39 is 0 Å². The van der Waals surface area contributed by atoms with E-state index in [1.807, 2.05) is 58.3 Å². The maximum absolute atomic E-state index is 12.6. The van der Waals surface area contributed by atoms with Crippen LogP contribution in [0.1, 0.15) is 33.1 Å². The van der Waals surface area contributed by atoms with Gasteiger partial charge in [-0.15, -0.1) is 0 Å². The Kier molecular flexibility index (Phi) is 6.64. The summed E-state index contributed by atoms with van der Waals surface area (Å²) in [6, 6.07) is 11.7. The Balaban J connectivity index is 2.17. The zero-order valence-electron chi connectivity index (χ0n) is 16.4. The van der Waals surface area contributed by atoms with Gasteiger partial charge in [-0.25, -0.2) is 0 Å². The normalized spacial score (nSPS) is 12.0. The smallest absolute Gasteiger partial charge is 0.251 e. The average molecular weight is 356 g/mol. The van der Waals surface area contributed by atoms with Crippen molar-refractivity contribution in [3.63, 3.8) is 0 Å². The fraction of sp³-hybridized carbons (Fsp3) is 0.381. The number of aryl methyl sites for hydroxylation is 2. The highest BCUT2D eigenvalue weighted by molar-refractivity contribution is 5.94. The monoisotopic (exact) mass is 356 g/mol. The SMILES string of the molecule is COc1ccc(C(CNC(=O)c2cc(C)cc(C)c2)N(C)C)cc1OC. The Morgan fingerprint density at radius 2 is 1.62 bits per heavy atom. The summed E-state index contributed by atoms with van der Waals surface area (Å²) >= 11 is 0. The Hall–Kier alpha value is -2.53. The predicted octanol–water partition coefficient (Wildman–Crippen LogP) is 3.35. The van der Waals surface area contributed by atoms with Crippen molar-refractivity contribution in [3.8, 4) is 11.5 Å². The molecule has 2 aromatic rings. The molecule has 0 saturated carbocycles. The second-order valence-corrected chi connectivity index (χ2v) is 6.68. The maximum atomic E-state index is 12.6. The molecule has 0 spiro atoms. The standard InChI is InChI=1S/C21H28N2O3/c1-14-9-15(2)11-17(10-14)21(24)22-13-18(23(3)4)16-7-8-19(25-5)20(12-16)26-6/h7-12,18H,13H2,1-6H3,(H,22,24). The number of hydrogen-bond donors (Lipinski definition) is 1. The van der Waals surface area contributed by atoms with E-state index >= 15 is 0 Å². The number of rotatable bonds is 7. The molecule has 0 aliphatic carbocycles. The molecule has 140 valence electrons. The highest BCUT2D eigenvalue weighted by Crippen LogP contribution is 2.31. The van der Waals surface area contributed by atoms with Gasteiger partial charge in [-0.2, -0.15) is 0 Å². The van der Waals surface area contributed by atoms with Gasteiger partial charge in [-0.3, -0.25) is 4.79 Å². The van der Waals surface area contributed by atoms with Crippen molar-refractivity contribution in [2.45, 2.75) is 19.9 Å². The topological polar surface area (TPSA) is 50.8 Å². The molecule has 2 aromatic carbocycles. The highest BCUT2D eigenvalue weighted by Gasteiger charge is 2.18. The summed E-state index contributed by atoms with van der Waals surface area (Å²) in [5, 5.41) is 3.05. The lowest BCUT2D eigenvalue weighted by Gasteiger charge is -2.26. The van der Waals surface area contributed by atoms with Crippen LogP contribution in [0.3, 0.4) is 0 Å². The van der Waals surface area contributed by atoms with Crippen molar-refractivity contribution in [2.75, 3.05) is 34.9 Å². The van der Waals surface area contributed by atoms with E-state index in [0.717, 1.165) is 16.7 Å². The first-order valence-corrected chi connectivity index (χ1v) is 8.60. The van der Waals surface area contributed by atoms with Gasteiger partial charge in [0.05, 0.1) is 20.3 Å². The molecular weight excluding hydrogens is 328 g/mol. The van der Waals surface area contributed by atoms with Crippen LogP contribution in [0.15, 0.2) is 36.4 Å². The molecule has 0 heterocycles. The molecule has 0 radical (unpaired) electrons. The third kappa shape index (κ3) is 4.76. The van der Waals surface area contributed by atoms with E-state index in [4.69, 9.17) is 9.47 Å². The summed E-state index contributed by atoms with van der Waals surface area (Å²) in [5.74, 6) is 1.30. The summed E-state index contributed by atoms with van der Waals surface area (Å²) in [4.78, 5) is 14.6. The predicted molar refractivity (Wildman–Crippen MR) is 104 cm³/mol. The molecule has 0 saturated heterocycles. The summed E-state index contributed by atoms with van der Waals surface area (Å²) in [7, 11) is 7.22. The van der Waals surface area contributed by atoms with E-state index in [-0.39, 0.29) is 11.9 Å².